The van der Waals surface area contributed by atoms with Crippen molar-refractivity contribution >= 4 is 27.3 Å². The van der Waals surface area contributed by atoms with E-state index >= 15 is 0 Å². The lowest BCUT2D eigenvalue weighted by molar-refractivity contribution is 0.676. The minimum absolute atomic E-state index is 0.909. The molecule has 0 spiro atoms. The zero-order valence-corrected chi connectivity index (χ0v) is 10.5. The van der Waals surface area contributed by atoms with Crippen molar-refractivity contribution in [1.82, 2.24) is 10.3 Å². The summed E-state index contributed by atoms with van der Waals surface area (Å²) in [6, 6.07) is 0. The van der Waals surface area contributed by atoms with Crippen LogP contribution in [0.4, 0.5) is 0 Å². The number of hydrogen-bond donors (Lipinski definition) is 1. The highest BCUT2D eigenvalue weighted by molar-refractivity contribution is 9.09. The highest BCUT2D eigenvalue weighted by Crippen LogP contribution is 2.15. The number of nitrogens with zero attached hydrogens (tertiary/aromatic N) is 1. The summed E-state index contributed by atoms with van der Waals surface area (Å²) in [5, 5.41) is 5.63. The topological polar surface area (TPSA) is 24.9 Å². The predicted molar refractivity (Wildman–Crippen MR) is 61.7 cm³/mol. The van der Waals surface area contributed by atoms with Crippen LogP contribution in [0.25, 0.3) is 0 Å². The number of aromatic nitrogens is 1. The van der Waals surface area contributed by atoms with Crippen LogP contribution >= 0.6 is 27.3 Å². The van der Waals surface area contributed by atoms with Crippen LogP contribution < -0.4 is 5.32 Å². The second kappa shape index (κ2) is 5.73. The lowest BCUT2D eigenvalue weighted by Gasteiger charge is -1.98. The standard InChI is InChI=1S/C9H15BrN2S/c1-7-8(2)13-9(12-7)6-11-5-3-4-10/h11H,3-6H2,1-2H3. The number of rotatable bonds is 5. The van der Waals surface area contributed by atoms with Crippen LogP contribution in [-0.2, 0) is 6.54 Å². The van der Waals surface area contributed by atoms with Gasteiger partial charge in [0.2, 0.25) is 0 Å². The van der Waals surface area contributed by atoms with Crippen molar-refractivity contribution in [3.05, 3.63) is 15.6 Å². The molecule has 2 nitrogen and oxygen atoms in total. The number of hydrogen-bond acceptors (Lipinski definition) is 3. The summed E-state index contributed by atoms with van der Waals surface area (Å²) >= 11 is 5.19. The largest absolute Gasteiger partial charge is 0.310 e. The Balaban J connectivity index is 2.29. The fourth-order valence-corrected chi connectivity index (χ4v) is 2.19. The molecule has 0 amide bonds. The summed E-state index contributed by atoms with van der Waals surface area (Å²) in [7, 11) is 0. The SMILES string of the molecule is Cc1nc(CNCCCBr)sc1C. The highest BCUT2D eigenvalue weighted by Gasteiger charge is 2.01. The average Bonchev–Trinajstić information content (AvgIpc) is 2.41. The van der Waals surface area contributed by atoms with Crippen molar-refractivity contribution in [3.63, 3.8) is 0 Å². The van der Waals surface area contributed by atoms with Gasteiger partial charge >= 0.3 is 0 Å². The fraction of sp³-hybridized carbons (Fsp3) is 0.667. The van der Waals surface area contributed by atoms with Gasteiger partial charge in [0.05, 0.1) is 5.69 Å². The molecular formula is C9H15BrN2S. The van der Waals surface area contributed by atoms with Crippen molar-refractivity contribution in [2.24, 2.45) is 0 Å². The van der Waals surface area contributed by atoms with E-state index in [4.69, 9.17) is 0 Å². The van der Waals surface area contributed by atoms with Gasteiger partial charge in [0, 0.05) is 16.8 Å². The summed E-state index contributed by atoms with van der Waals surface area (Å²) in [5.74, 6) is 0. The summed E-state index contributed by atoms with van der Waals surface area (Å²) < 4.78 is 0. The third-order valence-corrected chi connectivity index (χ3v) is 3.47. The van der Waals surface area contributed by atoms with E-state index in [2.05, 4.69) is 40.1 Å². The second-order valence-electron chi connectivity index (χ2n) is 2.97. The Morgan fingerprint density at radius 3 is 2.77 bits per heavy atom. The molecule has 0 fully saturated rings. The van der Waals surface area contributed by atoms with E-state index in [9.17, 15) is 0 Å². The van der Waals surface area contributed by atoms with Gasteiger partial charge in [-0.15, -0.1) is 11.3 Å². The average molecular weight is 263 g/mol. The molecule has 1 aromatic heterocycles. The van der Waals surface area contributed by atoms with E-state index in [0.717, 1.165) is 18.4 Å². The Hall–Kier alpha value is 0.0700. The van der Waals surface area contributed by atoms with Gasteiger partial charge in [0.15, 0.2) is 0 Å². The molecule has 1 N–H and O–H groups in total. The molecule has 0 saturated carbocycles. The first-order chi connectivity index (χ1) is 6.24. The van der Waals surface area contributed by atoms with Gasteiger partial charge in [-0.2, -0.15) is 0 Å². The predicted octanol–water partition coefficient (Wildman–Crippen LogP) is 2.63. The summed E-state index contributed by atoms with van der Waals surface area (Å²) in [6.45, 7) is 6.15. The maximum Gasteiger partial charge on any atom is 0.107 e. The molecule has 1 aromatic rings. The lowest BCUT2D eigenvalue weighted by Crippen LogP contribution is -2.14. The lowest BCUT2D eigenvalue weighted by atomic mass is 10.4. The van der Waals surface area contributed by atoms with E-state index in [0.29, 0.717) is 0 Å². The molecule has 1 rings (SSSR count). The van der Waals surface area contributed by atoms with Crippen LogP contribution in [0.5, 0.6) is 0 Å². The maximum absolute atomic E-state index is 4.45. The number of aryl methyl sites for hydroxylation is 2. The molecule has 0 radical (unpaired) electrons. The van der Waals surface area contributed by atoms with Crippen molar-refractivity contribution < 1.29 is 0 Å². The van der Waals surface area contributed by atoms with Gasteiger partial charge in [-0.25, -0.2) is 4.98 Å². The van der Waals surface area contributed by atoms with Gasteiger partial charge in [-0.05, 0) is 26.8 Å². The van der Waals surface area contributed by atoms with Crippen LogP contribution in [0.3, 0.4) is 0 Å². The first kappa shape index (κ1) is 11.1. The molecule has 0 aromatic carbocycles. The van der Waals surface area contributed by atoms with Crippen LogP contribution in [-0.4, -0.2) is 16.9 Å². The Labute approximate surface area is 91.9 Å². The third kappa shape index (κ3) is 3.75. The molecule has 4 heteroatoms. The second-order valence-corrected chi connectivity index (χ2v) is 5.05. The molecule has 0 bridgehead atoms. The van der Waals surface area contributed by atoms with E-state index in [1.807, 2.05) is 0 Å². The molecule has 1 heterocycles. The van der Waals surface area contributed by atoms with Crippen molar-refractivity contribution in [2.75, 3.05) is 11.9 Å². The van der Waals surface area contributed by atoms with Gasteiger partial charge in [-0.3, -0.25) is 0 Å². The first-order valence-electron chi connectivity index (χ1n) is 4.43. The molecule has 0 unspecified atom stereocenters. The van der Waals surface area contributed by atoms with Crippen LogP contribution in [0.1, 0.15) is 22.0 Å². The Bertz CT molecular complexity index is 241. The van der Waals surface area contributed by atoms with Gasteiger partial charge in [-0.1, -0.05) is 15.9 Å². The van der Waals surface area contributed by atoms with Crippen molar-refractivity contribution in [3.8, 4) is 0 Å². The number of thiazole rings is 1. The number of alkyl halides is 1. The van der Waals surface area contributed by atoms with Gasteiger partial charge in [0.1, 0.15) is 5.01 Å². The molecule has 0 saturated heterocycles. The number of halogens is 1. The maximum atomic E-state index is 4.45. The minimum atomic E-state index is 0.909. The molecule has 0 atom stereocenters. The molecule has 0 aliphatic rings. The number of nitrogens with one attached hydrogen (secondary N) is 1. The van der Waals surface area contributed by atoms with E-state index in [1.165, 1.54) is 22.0 Å². The quantitative estimate of drug-likeness (QED) is 0.652. The first-order valence-corrected chi connectivity index (χ1v) is 6.37. The minimum Gasteiger partial charge on any atom is -0.310 e. The van der Waals surface area contributed by atoms with Crippen molar-refractivity contribution in [2.45, 2.75) is 26.8 Å². The monoisotopic (exact) mass is 262 g/mol. The summed E-state index contributed by atoms with van der Waals surface area (Å²) in [6.07, 6.45) is 1.17. The van der Waals surface area contributed by atoms with Crippen LogP contribution in [0.2, 0.25) is 0 Å². The summed E-state index contributed by atoms with van der Waals surface area (Å²) in [5.41, 5.74) is 1.17. The molecular weight excluding hydrogens is 248 g/mol. The normalized spacial score (nSPS) is 10.7. The zero-order chi connectivity index (χ0) is 9.68. The Morgan fingerprint density at radius 1 is 1.46 bits per heavy atom. The van der Waals surface area contributed by atoms with Crippen molar-refractivity contribution in [1.29, 1.82) is 0 Å². The van der Waals surface area contributed by atoms with E-state index in [-0.39, 0.29) is 0 Å². The van der Waals surface area contributed by atoms with Crippen LogP contribution in [0, 0.1) is 13.8 Å². The highest BCUT2D eigenvalue weighted by atomic mass is 79.9. The zero-order valence-electron chi connectivity index (χ0n) is 8.06. The molecule has 74 valence electrons. The molecule has 0 aliphatic carbocycles. The van der Waals surface area contributed by atoms with Gasteiger partial charge < -0.3 is 5.32 Å². The molecule has 13 heavy (non-hydrogen) atoms. The van der Waals surface area contributed by atoms with Gasteiger partial charge in [0.25, 0.3) is 0 Å². The Kier molecular flexibility index (Phi) is 4.91. The third-order valence-electron chi connectivity index (χ3n) is 1.84. The smallest absolute Gasteiger partial charge is 0.107 e. The van der Waals surface area contributed by atoms with Crippen LogP contribution in [0.15, 0.2) is 0 Å². The molecule has 0 aliphatic heterocycles. The van der Waals surface area contributed by atoms with E-state index in [1.54, 1.807) is 11.3 Å². The fourth-order valence-electron chi connectivity index (χ4n) is 1.00. The summed E-state index contributed by atoms with van der Waals surface area (Å²) in [4.78, 5) is 5.78. The van der Waals surface area contributed by atoms with E-state index < -0.39 is 0 Å². The Morgan fingerprint density at radius 2 is 2.23 bits per heavy atom.